The molecule has 0 N–H and O–H groups in total. The fourth-order valence-corrected chi connectivity index (χ4v) is 2.56. The van der Waals surface area contributed by atoms with Gasteiger partial charge >= 0.3 is 0 Å². The van der Waals surface area contributed by atoms with Crippen LogP contribution in [0.2, 0.25) is 0 Å². The smallest absolute Gasteiger partial charge is 0.00452 e. The van der Waals surface area contributed by atoms with Crippen LogP contribution in [-0.4, -0.2) is 0 Å². The third-order valence-corrected chi connectivity index (χ3v) is 3.73. The normalized spacial score (nSPS) is 15.1. The Morgan fingerprint density at radius 3 is 2.29 bits per heavy atom. The van der Waals surface area contributed by atoms with Crippen molar-refractivity contribution in [2.75, 3.05) is 0 Å². The molecule has 0 radical (unpaired) electrons. The van der Waals surface area contributed by atoms with Gasteiger partial charge in [-0.25, -0.2) is 0 Å². The van der Waals surface area contributed by atoms with Crippen molar-refractivity contribution in [3.63, 3.8) is 0 Å². The van der Waals surface area contributed by atoms with Crippen molar-refractivity contribution in [3.05, 3.63) is 70.0 Å². The van der Waals surface area contributed by atoms with Crippen LogP contribution in [0.25, 0.3) is 0 Å². The Morgan fingerprint density at radius 1 is 1.06 bits per heavy atom. The molecule has 1 heteroatoms. The van der Waals surface area contributed by atoms with Gasteiger partial charge in [0.05, 0.1) is 0 Å². The van der Waals surface area contributed by atoms with E-state index < -0.39 is 0 Å². The number of aryl methyl sites for hydroxylation is 1. The van der Waals surface area contributed by atoms with Crippen molar-refractivity contribution >= 4 is 11.3 Å². The van der Waals surface area contributed by atoms with E-state index in [2.05, 4.69) is 60.9 Å². The van der Waals surface area contributed by atoms with Gasteiger partial charge in [0.25, 0.3) is 0 Å². The molecule has 2 aliphatic carbocycles. The molecule has 1 aromatic rings. The van der Waals surface area contributed by atoms with E-state index in [9.17, 15) is 0 Å². The van der Waals surface area contributed by atoms with Crippen LogP contribution in [0.1, 0.15) is 24.6 Å². The minimum Gasteiger partial charge on any atom is -0.149 e. The predicted octanol–water partition coefficient (Wildman–Crippen LogP) is 5.07. The lowest BCUT2D eigenvalue weighted by Crippen LogP contribution is -1.75. The third kappa shape index (κ3) is 3.57. The molecule has 88 valence electrons. The fraction of sp³-hybridized carbons (Fsp3) is 0.250. The van der Waals surface area contributed by atoms with Gasteiger partial charge in [-0.3, -0.25) is 0 Å². The second-order valence-corrected chi connectivity index (χ2v) is 5.18. The zero-order chi connectivity index (χ0) is 11.9. The fourth-order valence-electron chi connectivity index (χ4n) is 1.81. The minimum atomic E-state index is 1.27. The second-order valence-electron chi connectivity index (χ2n) is 4.15. The molecule has 0 saturated heterocycles. The molecule has 1 heterocycles. The molecule has 0 amide bonds. The molecule has 17 heavy (non-hydrogen) atoms. The van der Waals surface area contributed by atoms with Gasteiger partial charge in [-0.2, -0.15) is 0 Å². The Labute approximate surface area is 108 Å². The molecular formula is C16H18S. The van der Waals surface area contributed by atoms with Crippen molar-refractivity contribution in [3.8, 4) is 0 Å². The Bertz CT molecular complexity index is 430. The van der Waals surface area contributed by atoms with Gasteiger partial charge in [0, 0.05) is 4.88 Å². The van der Waals surface area contributed by atoms with Crippen LogP contribution in [0.5, 0.6) is 0 Å². The summed E-state index contributed by atoms with van der Waals surface area (Å²) >= 11 is 1.86. The molecule has 3 rings (SSSR count). The largest absolute Gasteiger partial charge is 0.149 e. The van der Waals surface area contributed by atoms with E-state index in [-0.39, 0.29) is 0 Å². The first-order chi connectivity index (χ1) is 8.40. The lowest BCUT2D eigenvalue weighted by atomic mass is 10.2. The van der Waals surface area contributed by atoms with Gasteiger partial charge in [0.15, 0.2) is 0 Å². The molecule has 0 atom stereocenters. The Kier molecular flexibility index (Phi) is 4.57. The SMILES string of the molecule is C1=CC2=CC=CC2=C1.CCCCc1cccs1. The van der Waals surface area contributed by atoms with E-state index in [4.69, 9.17) is 0 Å². The highest BCUT2D eigenvalue weighted by Crippen LogP contribution is 2.23. The van der Waals surface area contributed by atoms with Crippen LogP contribution in [0.15, 0.2) is 65.1 Å². The van der Waals surface area contributed by atoms with Crippen LogP contribution in [0.4, 0.5) is 0 Å². The van der Waals surface area contributed by atoms with Crippen LogP contribution < -0.4 is 0 Å². The monoisotopic (exact) mass is 242 g/mol. The van der Waals surface area contributed by atoms with Gasteiger partial charge < -0.3 is 0 Å². The maximum atomic E-state index is 2.23. The lowest BCUT2D eigenvalue weighted by Gasteiger charge is -1.90. The third-order valence-electron chi connectivity index (χ3n) is 2.79. The quantitative estimate of drug-likeness (QED) is 0.694. The number of fused-ring (bicyclic) bond motifs is 1. The summed E-state index contributed by atoms with van der Waals surface area (Å²) in [6.45, 7) is 2.23. The summed E-state index contributed by atoms with van der Waals surface area (Å²) in [6.07, 6.45) is 16.5. The van der Waals surface area contributed by atoms with Crippen molar-refractivity contribution in [2.24, 2.45) is 0 Å². The molecule has 1 aromatic heterocycles. The highest BCUT2D eigenvalue weighted by Gasteiger charge is 2.04. The van der Waals surface area contributed by atoms with Crippen LogP contribution in [0.3, 0.4) is 0 Å². The van der Waals surface area contributed by atoms with E-state index in [1.54, 1.807) is 0 Å². The highest BCUT2D eigenvalue weighted by atomic mass is 32.1. The van der Waals surface area contributed by atoms with Crippen molar-refractivity contribution in [2.45, 2.75) is 26.2 Å². The molecular weight excluding hydrogens is 224 g/mol. The first kappa shape index (κ1) is 12.1. The first-order valence-corrected chi connectivity index (χ1v) is 7.07. The molecule has 0 aliphatic heterocycles. The van der Waals surface area contributed by atoms with Gasteiger partial charge in [0.2, 0.25) is 0 Å². The minimum absolute atomic E-state index is 1.27. The molecule has 0 fully saturated rings. The number of hydrogen-bond donors (Lipinski definition) is 0. The number of unbranched alkanes of at least 4 members (excludes halogenated alkanes) is 1. The second kappa shape index (κ2) is 6.41. The molecule has 0 saturated carbocycles. The molecule has 0 bridgehead atoms. The predicted molar refractivity (Wildman–Crippen MR) is 77.4 cm³/mol. The maximum Gasteiger partial charge on any atom is 0.00452 e. The summed E-state index contributed by atoms with van der Waals surface area (Å²) in [5.41, 5.74) is 2.70. The standard InChI is InChI=1S/C8H12S.C8H6/c1-2-3-5-8-6-4-7-9-8;1-3-7-5-2-6-8(7)4-1/h4,6-7H,2-3,5H2,1H3;1-6H. The summed E-state index contributed by atoms with van der Waals surface area (Å²) in [6, 6.07) is 4.33. The topological polar surface area (TPSA) is 0 Å². The zero-order valence-electron chi connectivity index (χ0n) is 10.2. The van der Waals surface area contributed by atoms with E-state index in [0.29, 0.717) is 0 Å². The highest BCUT2D eigenvalue weighted by molar-refractivity contribution is 7.09. The van der Waals surface area contributed by atoms with Gasteiger partial charge in [0.1, 0.15) is 0 Å². The Balaban J connectivity index is 0.000000127. The van der Waals surface area contributed by atoms with Crippen LogP contribution in [-0.2, 0) is 6.42 Å². The molecule has 0 unspecified atom stereocenters. The van der Waals surface area contributed by atoms with Crippen molar-refractivity contribution in [1.82, 2.24) is 0 Å². The number of hydrogen-bond acceptors (Lipinski definition) is 1. The summed E-state index contributed by atoms with van der Waals surface area (Å²) in [5.74, 6) is 0. The Hall–Kier alpha value is -1.34. The van der Waals surface area contributed by atoms with Gasteiger partial charge in [-0.1, -0.05) is 55.9 Å². The first-order valence-electron chi connectivity index (χ1n) is 6.19. The average Bonchev–Trinajstić information content (AvgIpc) is 3.04. The Morgan fingerprint density at radius 2 is 1.76 bits per heavy atom. The number of thiophene rings is 1. The molecule has 2 aliphatic rings. The van der Waals surface area contributed by atoms with Crippen molar-refractivity contribution in [1.29, 1.82) is 0 Å². The van der Waals surface area contributed by atoms with E-state index in [1.165, 1.54) is 35.3 Å². The molecule has 0 aromatic carbocycles. The summed E-state index contributed by atoms with van der Waals surface area (Å²) in [7, 11) is 0. The summed E-state index contributed by atoms with van der Waals surface area (Å²) in [4.78, 5) is 1.52. The lowest BCUT2D eigenvalue weighted by molar-refractivity contribution is 0.804. The van der Waals surface area contributed by atoms with Gasteiger partial charge in [-0.05, 0) is 35.4 Å². The van der Waals surface area contributed by atoms with Crippen molar-refractivity contribution < 1.29 is 0 Å². The summed E-state index contributed by atoms with van der Waals surface area (Å²) < 4.78 is 0. The van der Waals surface area contributed by atoms with E-state index >= 15 is 0 Å². The van der Waals surface area contributed by atoms with E-state index in [1.807, 2.05) is 11.3 Å². The summed E-state index contributed by atoms with van der Waals surface area (Å²) in [5, 5.41) is 2.14. The number of rotatable bonds is 3. The zero-order valence-corrected chi connectivity index (χ0v) is 11.0. The number of allylic oxidation sites excluding steroid dienone is 8. The molecule has 0 spiro atoms. The molecule has 0 nitrogen and oxygen atoms in total. The van der Waals surface area contributed by atoms with E-state index in [0.717, 1.165) is 0 Å². The van der Waals surface area contributed by atoms with Gasteiger partial charge in [-0.15, -0.1) is 11.3 Å². The van der Waals surface area contributed by atoms with Crippen LogP contribution >= 0.6 is 11.3 Å². The average molecular weight is 242 g/mol. The van der Waals surface area contributed by atoms with Crippen LogP contribution in [0, 0.1) is 0 Å². The maximum absolute atomic E-state index is 2.23.